The molecular weight excluding hydrogens is 379 g/mol. The van der Waals surface area contributed by atoms with Gasteiger partial charge in [-0.15, -0.1) is 0 Å². The van der Waals surface area contributed by atoms with Gasteiger partial charge in [-0.1, -0.05) is 30.3 Å². The molecule has 4 rings (SSSR count). The third-order valence-corrected chi connectivity index (χ3v) is 5.43. The maximum absolute atomic E-state index is 13.9. The second kappa shape index (κ2) is 8.06. The van der Waals surface area contributed by atoms with E-state index in [9.17, 15) is 9.18 Å². The van der Waals surface area contributed by atoms with E-state index in [1.165, 1.54) is 12.1 Å². The monoisotopic (exact) mass is 402 g/mol. The van der Waals surface area contributed by atoms with E-state index in [0.29, 0.717) is 11.4 Å². The van der Waals surface area contributed by atoms with Gasteiger partial charge in [0.25, 0.3) is 0 Å². The Labute approximate surface area is 174 Å². The third-order valence-electron chi connectivity index (χ3n) is 5.43. The summed E-state index contributed by atoms with van der Waals surface area (Å²) in [6, 6.07) is 13.6. The summed E-state index contributed by atoms with van der Waals surface area (Å²) in [5.74, 6) is 0.112. The van der Waals surface area contributed by atoms with Crippen LogP contribution in [0.15, 0.2) is 60.9 Å². The van der Waals surface area contributed by atoms with Crippen LogP contribution in [0.25, 0.3) is 10.9 Å². The molecule has 4 aromatic rings. The molecule has 6 heteroatoms. The predicted molar refractivity (Wildman–Crippen MR) is 115 cm³/mol. The number of imidazole rings is 1. The van der Waals surface area contributed by atoms with Crippen LogP contribution in [0.3, 0.4) is 0 Å². The van der Waals surface area contributed by atoms with Gasteiger partial charge in [-0.2, -0.15) is 0 Å². The molecule has 0 saturated carbocycles. The first kappa shape index (κ1) is 19.8. The fraction of sp³-hybridized carbons (Fsp3) is 0.208. The molecule has 0 bridgehead atoms. The van der Waals surface area contributed by atoms with Gasteiger partial charge in [-0.05, 0) is 48.7 Å². The van der Waals surface area contributed by atoms with Gasteiger partial charge in [0.05, 0.1) is 11.9 Å². The number of hydrogen-bond donors (Lipinski definition) is 1. The van der Waals surface area contributed by atoms with Crippen LogP contribution < -0.4 is 5.32 Å². The summed E-state index contributed by atoms with van der Waals surface area (Å²) in [7, 11) is 1.85. The van der Waals surface area contributed by atoms with Crippen molar-refractivity contribution in [1.29, 1.82) is 0 Å². The zero-order valence-electron chi connectivity index (χ0n) is 17.2. The minimum absolute atomic E-state index is 0.171. The Kier molecular flexibility index (Phi) is 5.31. The van der Waals surface area contributed by atoms with E-state index < -0.39 is 6.04 Å². The maximum Gasteiger partial charge on any atom is 0.225 e. The van der Waals surface area contributed by atoms with Crippen molar-refractivity contribution in [2.75, 3.05) is 0 Å². The van der Waals surface area contributed by atoms with Crippen LogP contribution in [0.5, 0.6) is 0 Å². The van der Waals surface area contributed by atoms with E-state index >= 15 is 0 Å². The van der Waals surface area contributed by atoms with Gasteiger partial charge < -0.3 is 9.88 Å². The topological polar surface area (TPSA) is 59.8 Å². The van der Waals surface area contributed by atoms with Crippen LogP contribution in [0.2, 0.25) is 0 Å². The Morgan fingerprint density at radius 3 is 2.70 bits per heavy atom. The Morgan fingerprint density at radius 1 is 1.17 bits per heavy atom. The fourth-order valence-corrected chi connectivity index (χ4v) is 3.84. The van der Waals surface area contributed by atoms with Crippen LogP contribution in [-0.2, 0) is 18.3 Å². The number of pyridine rings is 1. The van der Waals surface area contributed by atoms with E-state index in [2.05, 4.69) is 15.3 Å². The molecule has 2 aromatic heterocycles. The summed E-state index contributed by atoms with van der Waals surface area (Å²) in [6.45, 7) is 3.94. The normalized spacial score (nSPS) is 12.1. The predicted octanol–water partition coefficient (Wildman–Crippen LogP) is 4.17. The Balaban J connectivity index is 1.66. The fourth-order valence-electron chi connectivity index (χ4n) is 3.84. The number of halogens is 1. The van der Waals surface area contributed by atoms with Gasteiger partial charge in [0, 0.05) is 30.5 Å². The Hall–Kier alpha value is -3.54. The highest BCUT2D eigenvalue weighted by Crippen LogP contribution is 2.25. The van der Waals surface area contributed by atoms with Crippen LogP contribution >= 0.6 is 0 Å². The minimum atomic E-state index is -0.553. The number of benzene rings is 2. The molecule has 1 unspecified atom stereocenters. The zero-order valence-corrected chi connectivity index (χ0v) is 17.2. The Bertz CT molecular complexity index is 1230. The molecule has 1 atom stereocenters. The average Bonchev–Trinajstić information content (AvgIpc) is 3.15. The summed E-state index contributed by atoms with van der Waals surface area (Å²) in [5, 5.41) is 4.08. The SMILES string of the molecule is Cc1nc2ccccc2c(C)c1CC(=O)NC(c1cccc(F)c1)c1nccn1C. The number of para-hydroxylation sites is 1. The number of carbonyl (C=O) groups is 1. The first-order chi connectivity index (χ1) is 14.4. The number of nitrogens with one attached hydrogen (secondary N) is 1. The van der Waals surface area contributed by atoms with Gasteiger partial charge in [-0.25, -0.2) is 9.37 Å². The van der Waals surface area contributed by atoms with E-state index in [-0.39, 0.29) is 18.1 Å². The van der Waals surface area contributed by atoms with Gasteiger partial charge >= 0.3 is 0 Å². The highest BCUT2D eigenvalue weighted by atomic mass is 19.1. The smallest absolute Gasteiger partial charge is 0.225 e. The van der Waals surface area contributed by atoms with E-state index in [4.69, 9.17) is 0 Å². The average molecular weight is 402 g/mol. The van der Waals surface area contributed by atoms with Crippen LogP contribution in [0, 0.1) is 19.7 Å². The third kappa shape index (κ3) is 3.81. The Morgan fingerprint density at radius 2 is 1.97 bits per heavy atom. The van der Waals surface area contributed by atoms with Crippen LogP contribution in [0.1, 0.15) is 34.3 Å². The first-order valence-electron chi connectivity index (χ1n) is 9.81. The number of hydrogen-bond acceptors (Lipinski definition) is 3. The molecule has 2 aromatic carbocycles. The van der Waals surface area contributed by atoms with Crippen LogP contribution in [0.4, 0.5) is 4.39 Å². The number of nitrogens with zero attached hydrogens (tertiary/aromatic N) is 3. The van der Waals surface area contributed by atoms with Crippen LogP contribution in [-0.4, -0.2) is 20.4 Å². The van der Waals surface area contributed by atoms with E-state index in [1.807, 2.05) is 49.7 Å². The van der Waals surface area contributed by atoms with Crippen molar-refractivity contribution < 1.29 is 9.18 Å². The zero-order chi connectivity index (χ0) is 21.3. The van der Waals surface area contributed by atoms with Crippen molar-refractivity contribution >= 4 is 16.8 Å². The van der Waals surface area contributed by atoms with Crippen molar-refractivity contribution in [3.05, 3.63) is 95.0 Å². The van der Waals surface area contributed by atoms with Crippen molar-refractivity contribution in [3.63, 3.8) is 0 Å². The van der Waals surface area contributed by atoms with Gasteiger partial charge in [-0.3, -0.25) is 9.78 Å². The van der Waals surface area contributed by atoms with Crippen molar-refractivity contribution in [2.45, 2.75) is 26.3 Å². The van der Waals surface area contributed by atoms with Gasteiger partial charge in [0.15, 0.2) is 0 Å². The van der Waals surface area contributed by atoms with Gasteiger partial charge in [0.2, 0.25) is 5.91 Å². The molecule has 0 aliphatic carbocycles. The number of rotatable bonds is 5. The number of carbonyl (C=O) groups excluding carboxylic acids is 1. The quantitative estimate of drug-likeness (QED) is 0.545. The lowest BCUT2D eigenvalue weighted by molar-refractivity contribution is -0.121. The number of fused-ring (bicyclic) bond motifs is 1. The number of aryl methyl sites for hydroxylation is 3. The molecule has 0 spiro atoms. The molecule has 5 nitrogen and oxygen atoms in total. The lowest BCUT2D eigenvalue weighted by Crippen LogP contribution is -2.32. The molecule has 0 saturated heterocycles. The summed E-state index contributed by atoms with van der Waals surface area (Å²) in [4.78, 5) is 22.1. The lowest BCUT2D eigenvalue weighted by atomic mass is 9.98. The largest absolute Gasteiger partial charge is 0.342 e. The standard InChI is InChI=1S/C24H23FN4O/c1-15-19-9-4-5-10-21(19)27-16(2)20(15)14-22(30)28-23(24-26-11-12-29(24)3)17-7-6-8-18(25)13-17/h4-13,23H,14H2,1-3H3,(H,28,30). The number of amides is 1. The molecule has 0 radical (unpaired) electrons. The molecule has 0 aliphatic rings. The summed E-state index contributed by atoms with van der Waals surface area (Å²) in [6.07, 6.45) is 3.65. The summed E-state index contributed by atoms with van der Waals surface area (Å²) >= 11 is 0. The molecule has 152 valence electrons. The molecule has 30 heavy (non-hydrogen) atoms. The summed E-state index contributed by atoms with van der Waals surface area (Å²) in [5.41, 5.74) is 4.35. The molecule has 2 heterocycles. The summed E-state index contributed by atoms with van der Waals surface area (Å²) < 4.78 is 15.7. The lowest BCUT2D eigenvalue weighted by Gasteiger charge is -2.20. The molecule has 0 fully saturated rings. The number of aromatic nitrogens is 3. The molecule has 1 amide bonds. The second-order valence-electron chi connectivity index (χ2n) is 7.45. The van der Waals surface area contributed by atoms with Crippen molar-refractivity contribution in [1.82, 2.24) is 19.9 Å². The van der Waals surface area contributed by atoms with Gasteiger partial charge in [0.1, 0.15) is 17.7 Å². The highest BCUT2D eigenvalue weighted by molar-refractivity contribution is 5.86. The molecule has 0 aliphatic heterocycles. The van der Waals surface area contributed by atoms with E-state index in [0.717, 1.165) is 27.7 Å². The molecular formula is C24H23FN4O. The highest BCUT2D eigenvalue weighted by Gasteiger charge is 2.22. The minimum Gasteiger partial charge on any atom is -0.342 e. The van der Waals surface area contributed by atoms with Crippen molar-refractivity contribution in [3.8, 4) is 0 Å². The first-order valence-corrected chi connectivity index (χ1v) is 9.81. The second-order valence-corrected chi connectivity index (χ2v) is 7.45. The van der Waals surface area contributed by atoms with Crippen molar-refractivity contribution in [2.24, 2.45) is 7.05 Å². The van der Waals surface area contributed by atoms with E-state index in [1.54, 1.807) is 24.5 Å². The molecule has 1 N–H and O–H groups in total. The maximum atomic E-state index is 13.9.